The van der Waals surface area contributed by atoms with E-state index in [1.807, 2.05) is 35.9 Å². The van der Waals surface area contributed by atoms with Crippen LogP contribution in [0, 0.1) is 11.8 Å². The maximum Gasteiger partial charge on any atom is 0.270 e. The van der Waals surface area contributed by atoms with Crippen molar-refractivity contribution in [3.63, 3.8) is 0 Å². The van der Waals surface area contributed by atoms with Crippen LogP contribution in [0.4, 0.5) is 0 Å². The number of amides is 2. The van der Waals surface area contributed by atoms with Crippen molar-refractivity contribution in [2.45, 2.75) is 57.5 Å². The Bertz CT molecular complexity index is 1010. The molecule has 3 aliphatic rings. The summed E-state index contributed by atoms with van der Waals surface area (Å²) in [7, 11) is 3.63. The lowest BCUT2D eigenvalue weighted by Crippen LogP contribution is -2.65. The molecule has 0 aliphatic carbocycles. The quantitative estimate of drug-likeness (QED) is 0.751. The highest BCUT2D eigenvalue weighted by Gasteiger charge is 2.49. The molecule has 0 N–H and O–H groups in total. The first-order valence-corrected chi connectivity index (χ1v) is 11.8. The lowest BCUT2D eigenvalue weighted by Gasteiger charge is -2.56. The zero-order chi connectivity index (χ0) is 21.7. The van der Waals surface area contributed by atoms with Gasteiger partial charge in [0.05, 0.1) is 7.11 Å². The first kappa shape index (κ1) is 20.4. The number of aromatic nitrogens is 1. The summed E-state index contributed by atoms with van der Waals surface area (Å²) in [4.78, 5) is 30.8. The number of piperidine rings is 3. The summed E-state index contributed by atoms with van der Waals surface area (Å²) < 4.78 is 7.36. The van der Waals surface area contributed by atoms with Gasteiger partial charge in [-0.25, -0.2) is 0 Å². The predicted molar refractivity (Wildman–Crippen MR) is 120 cm³/mol. The molecule has 0 saturated carbocycles. The minimum Gasteiger partial charge on any atom is -0.497 e. The topological polar surface area (TPSA) is 54.8 Å². The number of aryl methyl sites for hydroxylation is 1. The molecular weight excluding hydrogens is 390 g/mol. The third-order valence-corrected chi connectivity index (χ3v) is 7.84. The monoisotopic (exact) mass is 423 g/mol. The van der Waals surface area contributed by atoms with Crippen LogP contribution in [0.25, 0.3) is 10.9 Å². The average molecular weight is 424 g/mol. The molecule has 0 unspecified atom stereocenters. The second-order valence-electron chi connectivity index (χ2n) is 9.60. The Morgan fingerprint density at radius 2 is 2.00 bits per heavy atom. The number of nitrogens with zero attached hydrogens (tertiary/aromatic N) is 3. The molecule has 6 nitrogen and oxygen atoms in total. The SMILES string of the molecule is CCC[C@H]1[C@H]2C[C@H](CN(C(=O)c3cc4cc(OC)ccc4n3C)C2)[C@@H]2CCCC(=O)N21. The fourth-order valence-corrected chi connectivity index (χ4v) is 6.43. The van der Waals surface area contributed by atoms with Crippen molar-refractivity contribution in [3.05, 3.63) is 30.0 Å². The Balaban J connectivity index is 1.44. The third kappa shape index (κ3) is 3.31. The van der Waals surface area contributed by atoms with Crippen LogP contribution < -0.4 is 4.74 Å². The number of carbonyl (C=O) groups is 2. The molecule has 31 heavy (non-hydrogen) atoms. The molecule has 3 fully saturated rings. The summed E-state index contributed by atoms with van der Waals surface area (Å²) in [6.07, 6.45) is 6.02. The van der Waals surface area contributed by atoms with E-state index in [-0.39, 0.29) is 11.9 Å². The van der Waals surface area contributed by atoms with E-state index in [4.69, 9.17) is 4.74 Å². The first-order chi connectivity index (χ1) is 15.0. The summed E-state index contributed by atoms with van der Waals surface area (Å²) in [5.41, 5.74) is 1.76. The maximum absolute atomic E-state index is 13.7. The van der Waals surface area contributed by atoms with Gasteiger partial charge in [-0.3, -0.25) is 9.59 Å². The van der Waals surface area contributed by atoms with Gasteiger partial charge in [0, 0.05) is 49.5 Å². The minimum absolute atomic E-state index is 0.109. The normalized spacial score (nSPS) is 28.0. The van der Waals surface area contributed by atoms with Crippen LogP contribution in [0.5, 0.6) is 5.75 Å². The lowest BCUT2D eigenvalue weighted by atomic mass is 9.71. The molecule has 2 amide bonds. The molecule has 5 rings (SSSR count). The number of hydrogen-bond donors (Lipinski definition) is 0. The molecule has 166 valence electrons. The number of likely N-dealkylation sites (tertiary alicyclic amines) is 1. The van der Waals surface area contributed by atoms with Crippen LogP contribution >= 0.6 is 0 Å². The Morgan fingerprint density at radius 3 is 2.77 bits per heavy atom. The number of hydrogen-bond acceptors (Lipinski definition) is 3. The van der Waals surface area contributed by atoms with Gasteiger partial charge in [0.1, 0.15) is 11.4 Å². The number of ether oxygens (including phenoxy) is 1. The van der Waals surface area contributed by atoms with Gasteiger partial charge in [-0.1, -0.05) is 13.3 Å². The van der Waals surface area contributed by atoms with E-state index in [1.165, 1.54) is 0 Å². The predicted octanol–water partition coefficient (Wildman–Crippen LogP) is 3.83. The van der Waals surface area contributed by atoms with Crippen molar-refractivity contribution < 1.29 is 14.3 Å². The third-order valence-electron chi connectivity index (χ3n) is 7.84. The van der Waals surface area contributed by atoms with E-state index in [2.05, 4.69) is 16.7 Å². The summed E-state index contributed by atoms with van der Waals surface area (Å²) in [6.45, 7) is 3.71. The molecule has 2 bridgehead atoms. The zero-order valence-electron chi connectivity index (χ0n) is 18.8. The number of methoxy groups -OCH3 is 1. The molecular formula is C25H33N3O3. The van der Waals surface area contributed by atoms with Gasteiger partial charge in [-0.2, -0.15) is 0 Å². The zero-order valence-corrected chi connectivity index (χ0v) is 18.8. The second-order valence-corrected chi connectivity index (χ2v) is 9.60. The minimum atomic E-state index is 0.109. The molecule has 0 spiro atoms. The Kier molecular flexibility index (Phi) is 5.19. The highest BCUT2D eigenvalue weighted by molar-refractivity contribution is 5.99. The second kappa shape index (κ2) is 7.88. The van der Waals surface area contributed by atoms with Crippen LogP contribution in [0.1, 0.15) is 55.9 Å². The first-order valence-electron chi connectivity index (χ1n) is 11.8. The lowest BCUT2D eigenvalue weighted by molar-refractivity contribution is -0.152. The van der Waals surface area contributed by atoms with Gasteiger partial charge in [-0.15, -0.1) is 0 Å². The molecule has 0 radical (unpaired) electrons. The number of carbonyl (C=O) groups excluding carboxylic acids is 2. The van der Waals surface area contributed by atoms with E-state index in [0.717, 1.165) is 67.5 Å². The van der Waals surface area contributed by atoms with Crippen LogP contribution in [0.2, 0.25) is 0 Å². The standard InChI is InChI=1S/C25H33N3O3/c1-4-6-21-17-11-18(22-7-5-8-24(29)28(21)22)15-27(14-17)25(30)23-13-16-12-19(31-3)9-10-20(16)26(23)2/h9-10,12-13,17-18,21-22H,4-8,11,14-15H2,1-3H3/t17-,18+,21-,22-/m0/s1. The van der Waals surface area contributed by atoms with Crippen molar-refractivity contribution in [1.82, 2.24) is 14.4 Å². The van der Waals surface area contributed by atoms with Crippen LogP contribution in [-0.4, -0.2) is 58.5 Å². The van der Waals surface area contributed by atoms with Gasteiger partial charge < -0.3 is 19.1 Å². The maximum atomic E-state index is 13.7. The Morgan fingerprint density at radius 1 is 1.19 bits per heavy atom. The summed E-state index contributed by atoms with van der Waals surface area (Å²) >= 11 is 0. The molecule has 4 heterocycles. The average Bonchev–Trinajstić information content (AvgIpc) is 3.11. The van der Waals surface area contributed by atoms with Crippen molar-refractivity contribution in [1.29, 1.82) is 0 Å². The van der Waals surface area contributed by atoms with Crippen molar-refractivity contribution in [2.24, 2.45) is 18.9 Å². The number of fused-ring (bicyclic) bond motifs is 5. The summed E-state index contributed by atoms with van der Waals surface area (Å²) in [6, 6.07) is 8.52. The van der Waals surface area contributed by atoms with E-state index >= 15 is 0 Å². The van der Waals surface area contributed by atoms with E-state index in [9.17, 15) is 9.59 Å². The van der Waals surface area contributed by atoms with Gasteiger partial charge >= 0.3 is 0 Å². The van der Waals surface area contributed by atoms with Crippen molar-refractivity contribution in [2.75, 3.05) is 20.2 Å². The fraction of sp³-hybridized carbons (Fsp3) is 0.600. The molecule has 2 aromatic rings. The van der Waals surface area contributed by atoms with Gasteiger partial charge in [0.15, 0.2) is 0 Å². The van der Waals surface area contributed by atoms with E-state index in [1.54, 1.807) is 7.11 Å². The fourth-order valence-electron chi connectivity index (χ4n) is 6.43. The number of rotatable bonds is 4. The van der Waals surface area contributed by atoms with Gasteiger partial charge in [0.2, 0.25) is 5.91 Å². The molecule has 3 saturated heterocycles. The number of benzene rings is 1. The summed E-state index contributed by atoms with van der Waals surface area (Å²) in [5.74, 6) is 2.03. The molecule has 1 aromatic heterocycles. The van der Waals surface area contributed by atoms with Gasteiger partial charge in [0.25, 0.3) is 5.91 Å². The summed E-state index contributed by atoms with van der Waals surface area (Å²) in [5, 5.41) is 1.02. The smallest absolute Gasteiger partial charge is 0.270 e. The van der Waals surface area contributed by atoms with Crippen LogP contribution in [0.3, 0.4) is 0 Å². The van der Waals surface area contributed by atoms with Crippen molar-refractivity contribution >= 4 is 22.7 Å². The largest absolute Gasteiger partial charge is 0.497 e. The van der Waals surface area contributed by atoms with Crippen molar-refractivity contribution in [3.8, 4) is 5.75 Å². The Labute approximate surface area is 184 Å². The van der Waals surface area contributed by atoms with E-state index in [0.29, 0.717) is 30.2 Å². The highest BCUT2D eigenvalue weighted by atomic mass is 16.5. The van der Waals surface area contributed by atoms with Crippen LogP contribution in [0.15, 0.2) is 24.3 Å². The highest BCUT2D eigenvalue weighted by Crippen LogP contribution is 2.43. The molecule has 6 heteroatoms. The Hall–Kier alpha value is -2.50. The molecule has 3 aliphatic heterocycles. The van der Waals surface area contributed by atoms with E-state index < -0.39 is 0 Å². The molecule has 1 aromatic carbocycles. The van der Waals surface area contributed by atoms with Crippen LogP contribution in [-0.2, 0) is 11.8 Å². The van der Waals surface area contributed by atoms with Gasteiger partial charge in [-0.05, 0) is 61.8 Å². The molecule has 4 atom stereocenters.